The minimum absolute atomic E-state index is 0.421. The third-order valence-corrected chi connectivity index (χ3v) is 3.38. The monoisotopic (exact) mass is 260 g/mol. The van der Waals surface area contributed by atoms with Crippen LogP contribution in [0.1, 0.15) is 18.9 Å². The Morgan fingerprint density at radius 1 is 1.32 bits per heavy atom. The molecule has 7 nitrogen and oxygen atoms in total. The van der Waals surface area contributed by atoms with E-state index in [9.17, 15) is 0 Å². The molecule has 0 spiro atoms. The molecule has 3 rings (SSSR count). The highest BCUT2D eigenvalue weighted by atomic mass is 16.5. The van der Waals surface area contributed by atoms with E-state index in [0.717, 1.165) is 31.9 Å². The molecule has 1 fully saturated rings. The van der Waals surface area contributed by atoms with E-state index in [2.05, 4.69) is 25.0 Å². The molecule has 2 aromatic heterocycles. The second kappa shape index (κ2) is 5.21. The van der Waals surface area contributed by atoms with Gasteiger partial charge in [0.15, 0.2) is 0 Å². The molecule has 1 saturated heterocycles. The molecule has 0 amide bonds. The maximum Gasteiger partial charge on any atom is 0.228 e. The molecular formula is C12H16N6O. The second-order valence-corrected chi connectivity index (χ2v) is 4.49. The average Bonchev–Trinajstić information content (AvgIpc) is 3.02. The van der Waals surface area contributed by atoms with Gasteiger partial charge in [0.25, 0.3) is 0 Å². The molecule has 1 aliphatic rings. The smallest absolute Gasteiger partial charge is 0.228 e. The summed E-state index contributed by atoms with van der Waals surface area (Å²) in [6.07, 6.45) is 7.12. The quantitative estimate of drug-likeness (QED) is 0.817. The number of anilines is 1. The van der Waals surface area contributed by atoms with Crippen LogP contribution in [0.2, 0.25) is 0 Å². The molecule has 0 aliphatic carbocycles. The Balaban J connectivity index is 1.66. The summed E-state index contributed by atoms with van der Waals surface area (Å²) < 4.78 is 7.06. The fraction of sp³-hybridized carbons (Fsp3) is 0.500. The Morgan fingerprint density at radius 3 is 2.84 bits per heavy atom. The molecule has 1 aliphatic heterocycles. The zero-order valence-electron chi connectivity index (χ0n) is 10.8. The summed E-state index contributed by atoms with van der Waals surface area (Å²) in [4.78, 5) is 14.8. The Hall–Kier alpha value is -2.18. The zero-order valence-corrected chi connectivity index (χ0v) is 10.8. The Kier molecular flexibility index (Phi) is 3.26. The lowest BCUT2D eigenvalue weighted by atomic mass is 10.1. The van der Waals surface area contributed by atoms with Crippen LogP contribution in [0.25, 0.3) is 0 Å². The molecule has 3 heterocycles. The van der Waals surface area contributed by atoms with E-state index in [1.165, 1.54) is 0 Å². The Labute approximate surface area is 111 Å². The lowest BCUT2D eigenvalue weighted by Crippen LogP contribution is -2.35. The minimum Gasteiger partial charge on any atom is -0.481 e. The topological polar surface area (TPSA) is 69.0 Å². The number of nitrogens with zero attached hydrogens (tertiary/aromatic N) is 6. The fourth-order valence-corrected chi connectivity index (χ4v) is 2.33. The normalized spacial score (nSPS) is 16.6. The van der Waals surface area contributed by atoms with Crippen molar-refractivity contribution in [2.75, 3.05) is 25.1 Å². The molecule has 0 bridgehead atoms. The van der Waals surface area contributed by atoms with Gasteiger partial charge in [-0.15, -0.1) is 0 Å². The number of methoxy groups -OCH3 is 1. The van der Waals surface area contributed by atoms with Crippen molar-refractivity contribution < 1.29 is 4.74 Å². The first-order valence-corrected chi connectivity index (χ1v) is 6.33. The average molecular weight is 260 g/mol. The first kappa shape index (κ1) is 11.9. The van der Waals surface area contributed by atoms with E-state index in [4.69, 9.17) is 4.74 Å². The van der Waals surface area contributed by atoms with Gasteiger partial charge >= 0.3 is 0 Å². The van der Waals surface area contributed by atoms with Crippen molar-refractivity contribution in [3.8, 4) is 5.88 Å². The Bertz CT molecular complexity index is 521. The highest BCUT2D eigenvalue weighted by Crippen LogP contribution is 2.24. The molecule has 0 saturated carbocycles. The van der Waals surface area contributed by atoms with Gasteiger partial charge in [0.1, 0.15) is 12.7 Å². The van der Waals surface area contributed by atoms with E-state index in [1.54, 1.807) is 32.0 Å². The van der Waals surface area contributed by atoms with Crippen molar-refractivity contribution in [2.45, 2.75) is 18.9 Å². The van der Waals surface area contributed by atoms with Crippen LogP contribution in [0.4, 0.5) is 5.95 Å². The van der Waals surface area contributed by atoms with Gasteiger partial charge in [-0.1, -0.05) is 0 Å². The SMILES string of the molecule is COc1ccnc(N2CCC(n3cncn3)CC2)n1. The van der Waals surface area contributed by atoms with Gasteiger partial charge in [-0.3, -0.25) is 0 Å². The molecule has 0 atom stereocenters. The summed E-state index contributed by atoms with van der Waals surface area (Å²) in [5, 5.41) is 4.20. The first-order valence-electron chi connectivity index (χ1n) is 6.33. The molecule has 0 radical (unpaired) electrons. The number of piperidine rings is 1. The summed E-state index contributed by atoms with van der Waals surface area (Å²) in [5.41, 5.74) is 0. The zero-order chi connectivity index (χ0) is 13.1. The summed E-state index contributed by atoms with van der Waals surface area (Å²) in [5.74, 6) is 1.33. The van der Waals surface area contributed by atoms with Crippen LogP contribution in [0.3, 0.4) is 0 Å². The van der Waals surface area contributed by atoms with Gasteiger partial charge in [-0.2, -0.15) is 10.1 Å². The first-order chi connectivity index (χ1) is 9.36. The highest BCUT2D eigenvalue weighted by molar-refractivity contribution is 5.32. The van der Waals surface area contributed by atoms with Gasteiger partial charge in [-0.25, -0.2) is 14.6 Å². The molecule has 19 heavy (non-hydrogen) atoms. The maximum absolute atomic E-state index is 5.13. The molecule has 7 heteroatoms. The van der Waals surface area contributed by atoms with E-state index < -0.39 is 0 Å². The van der Waals surface area contributed by atoms with E-state index in [-0.39, 0.29) is 0 Å². The number of aromatic nitrogens is 5. The molecular weight excluding hydrogens is 244 g/mol. The largest absolute Gasteiger partial charge is 0.481 e. The van der Waals surface area contributed by atoms with Crippen molar-refractivity contribution in [2.24, 2.45) is 0 Å². The van der Waals surface area contributed by atoms with Crippen LogP contribution in [0.15, 0.2) is 24.9 Å². The van der Waals surface area contributed by atoms with Crippen LogP contribution in [0.5, 0.6) is 5.88 Å². The van der Waals surface area contributed by atoms with Crippen molar-refractivity contribution in [3.63, 3.8) is 0 Å². The number of hydrogen-bond acceptors (Lipinski definition) is 6. The lowest BCUT2D eigenvalue weighted by Gasteiger charge is -2.31. The van der Waals surface area contributed by atoms with Crippen LogP contribution < -0.4 is 9.64 Å². The van der Waals surface area contributed by atoms with Crippen LogP contribution in [-0.2, 0) is 0 Å². The predicted octanol–water partition coefficient (Wildman–Crippen LogP) is 0.918. The predicted molar refractivity (Wildman–Crippen MR) is 69.1 cm³/mol. The van der Waals surface area contributed by atoms with Gasteiger partial charge in [0.05, 0.1) is 13.2 Å². The van der Waals surface area contributed by atoms with E-state index in [0.29, 0.717) is 11.9 Å². The molecule has 2 aromatic rings. The second-order valence-electron chi connectivity index (χ2n) is 4.49. The summed E-state index contributed by atoms with van der Waals surface area (Å²) >= 11 is 0. The molecule has 0 N–H and O–H groups in total. The van der Waals surface area contributed by atoms with Crippen LogP contribution in [-0.4, -0.2) is 44.9 Å². The number of rotatable bonds is 3. The maximum atomic E-state index is 5.13. The van der Waals surface area contributed by atoms with Crippen LogP contribution in [0, 0.1) is 0 Å². The Morgan fingerprint density at radius 2 is 2.16 bits per heavy atom. The van der Waals surface area contributed by atoms with Gasteiger partial charge in [-0.05, 0) is 12.8 Å². The summed E-state index contributed by atoms with van der Waals surface area (Å²) in [7, 11) is 1.61. The number of hydrogen-bond donors (Lipinski definition) is 0. The highest BCUT2D eigenvalue weighted by Gasteiger charge is 2.22. The molecule has 0 aromatic carbocycles. The third-order valence-electron chi connectivity index (χ3n) is 3.38. The fourth-order valence-electron chi connectivity index (χ4n) is 2.33. The summed E-state index contributed by atoms with van der Waals surface area (Å²) in [6, 6.07) is 2.18. The van der Waals surface area contributed by atoms with E-state index >= 15 is 0 Å². The third kappa shape index (κ3) is 2.49. The van der Waals surface area contributed by atoms with Gasteiger partial charge in [0, 0.05) is 25.4 Å². The van der Waals surface area contributed by atoms with Gasteiger partial charge in [0.2, 0.25) is 11.8 Å². The van der Waals surface area contributed by atoms with Crippen molar-refractivity contribution in [3.05, 3.63) is 24.9 Å². The summed E-state index contributed by atoms with van der Waals surface area (Å²) in [6.45, 7) is 1.83. The lowest BCUT2D eigenvalue weighted by molar-refractivity contribution is 0.361. The van der Waals surface area contributed by atoms with Crippen LogP contribution >= 0.6 is 0 Å². The van der Waals surface area contributed by atoms with Crippen molar-refractivity contribution >= 4 is 5.95 Å². The van der Waals surface area contributed by atoms with Crippen molar-refractivity contribution in [1.29, 1.82) is 0 Å². The minimum atomic E-state index is 0.421. The standard InChI is InChI=1S/C12H16N6O/c1-19-11-2-5-14-12(16-11)17-6-3-10(4-7-17)18-9-13-8-15-18/h2,5,8-10H,3-4,6-7H2,1H3. The molecule has 0 unspecified atom stereocenters. The van der Waals surface area contributed by atoms with Crippen molar-refractivity contribution in [1.82, 2.24) is 24.7 Å². The van der Waals surface area contributed by atoms with E-state index in [1.807, 2.05) is 4.68 Å². The molecule has 100 valence electrons. The number of ether oxygens (including phenoxy) is 1. The van der Waals surface area contributed by atoms with Gasteiger partial charge < -0.3 is 9.64 Å².